The largest absolute Gasteiger partial charge is 0.475 e. The topological polar surface area (TPSA) is 97.0 Å². The summed E-state index contributed by atoms with van der Waals surface area (Å²) in [5.41, 5.74) is 0. The molecule has 0 spiro atoms. The number of ether oxygens (including phenoxy) is 1. The minimum absolute atomic E-state index is 0.0499. The summed E-state index contributed by atoms with van der Waals surface area (Å²) < 4.78 is 35.6. The minimum Gasteiger partial charge on any atom is -0.475 e. The van der Waals surface area contributed by atoms with Crippen LogP contribution in [0.2, 0.25) is 0 Å². The van der Waals surface area contributed by atoms with Crippen molar-refractivity contribution in [3.05, 3.63) is 17.6 Å². The molecule has 0 saturated carbocycles. The Morgan fingerprint density at radius 2 is 2.16 bits per heavy atom. The lowest BCUT2D eigenvalue weighted by molar-refractivity contribution is 0.0661. The van der Waals surface area contributed by atoms with Crippen LogP contribution in [0.1, 0.15) is 23.2 Å². The van der Waals surface area contributed by atoms with Crippen LogP contribution in [0.25, 0.3) is 0 Å². The molecule has 0 amide bonds. The van der Waals surface area contributed by atoms with Crippen molar-refractivity contribution in [3.8, 4) is 0 Å². The van der Waals surface area contributed by atoms with Gasteiger partial charge >= 0.3 is 5.97 Å². The highest BCUT2D eigenvalue weighted by atomic mass is 32.2. The fraction of sp³-hybridized carbons (Fsp3) is 0.545. The van der Waals surface area contributed by atoms with Crippen molar-refractivity contribution in [2.75, 3.05) is 20.8 Å². The molecule has 0 saturated heterocycles. The molecule has 8 heteroatoms. The van der Waals surface area contributed by atoms with E-state index in [1.54, 1.807) is 6.92 Å². The van der Waals surface area contributed by atoms with E-state index < -0.39 is 21.8 Å². The lowest BCUT2D eigenvalue weighted by atomic mass is 10.4. The van der Waals surface area contributed by atoms with Crippen LogP contribution in [0.4, 0.5) is 0 Å². The molecule has 1 rings (SSSR count). The first-order valence-electron chi connectivity index (χ1n) is 5.52. The Labute approximate surface area is 111 Å². The zero-order chi connectivity index (χ0) is 14.8. The molecule has 0 aromatic carbocycles. The maximum Gasteiger partial charge on any atom is 0.371 e. The molecule has 7 nitrogen and oxygen atoms in total. The van der Waals surface area contributed by atoms with Gasteiger partial charge in [0.1, 0.15) is 10.7 Å². The first-order chi connectivity index (χ1) is 8.71. The summed E-state index contributed by atoms with van der Waals surface area (Å²) in [4.78, 5) is 10.6. The number of furan rings is 1. The van der Waals surface area contributed by atoms with Crippen LogP contribution in [-0.4, -0.2) is 50.6 Å². The maximum absolute atomic E-state index is 12.3. The van der Waals surface area contributed by atoms with Gasteiger partial charge in [0.25, 0.3) is 0 Å². The third-order valence-electron chi connectivity index (χ3n) is 2.77. The van der Waals surface area contributed by atoms with Crippen LogP contribution in [0.3, 0.4) is 0 Å². The number of hydrogen-bond donors (Lipinski definition) is 1. The van der Waals surface area contributed by atoms with E-state index in [0.717, 1.165) is 10.4 Å². The molecule has 19 heavy (non-hydrogen) atoms. The number of nitrogens with zero attached hydrogens (tertiary/aromatic N) is 1. The highest BCUT2D eigenvalue weighted by Gasteiger charge is 2.30. The van der Waals surface area contributed by atoms with Crippen molar-refractivity contribution in [3.63, 3.8) is 0 Å². The SMILES string of the molecule is COCC(C)N(C)S(=O)(=O)c1cc(C(=O)O)oc1C. The zero-order valence-corrected chi connectivity index (χ0v) is 12.0. The van der Waals surface area contributed by atoms with Crippen LogP contribution < -0.4 is 0 Å². The molecule has 0 bridgehead atoms. The number of methoxy groups -OCH3 is 1. The van der Waals surface area contributed by atoms with Gasteiger partial charge in [-0.25, -0.2) is 13.2 Å². The predicted molar refractivity (Wildman–Crippen MR) is 66.7 cm³/mol. The minimum atomic E-state index is -3.81. The molecular formula is C11H17NO6S. The Hall–Kier alpha value is -1.38. The second-order valence-electron chi connectivity index (χ2n) is 4.16. The molecule has 0 aliphatic heterocycles. The quantitative estimate of drug-likeness (QED) is 0.837. The first kappa shape index (κ1) is 15.7. The van der Waals surface area contributed by atoms with Gasteiger partial charge < -0.3 is 14.3 Å². The van der Waals surface area contributed by atoms with Crippen molar-refractivity contribution in [1.29, 1.82) is 0 Å². The van der Waals surface area contributed by atoms with Gasteiger partial charge in [0.05, 0.1) is 6.61 Å². The molecular weight excluding hydrogens is 274 g/mol. The second kappa shape index (κ2) is 5.72. The standard InChI is InChI=1S/C11H17NO6S/c1-7(6-17-4)12(3)19(15,16)10-5-9(11(13)14)18-8(10)2/h5,7H,6H2,1-4H3,(H,13,14). The summed E-state index contributed by atoms with van der Waals surface area (Å²) in [6, 6.07) is 0.640. The molecule has 1 aromatic heterocycles. The van der Waals surface area contributed by atoms with E-state index in [1.807, 2.05) is 0 Å². The molecule has 108 valence electrons. The van der Waals surface area contributed by atoms with Crippen LogP contribution in [0, 0.1) is 6.92 Å². The normalized spacial score (nSPS) is 13.7. The molecule has 0 aliphatic carbocycles. The first-order valence-corrected chi connectivity index (χ1v) is 6.96. The number of rotatable bonds is 6. The average Bonchev–Trinajstić information content (AvgIpc) is 2.71. The number of likely N-dealkylation sites (N-methyl/N-ethyl adjacent to an activating group) is 1. The maximum atomic E-state index is 12.3. The number of carboxylic acids is 1. The fourth-order valence-electron chi connectivity index (χ4n) is 1.57. The second-order valence-corrected chi connectivity index (χ2v) is 6.13. The summed E-state index contributed by atoms with van der Waals surface area (Å²) in [5, 5.41) is 8.80. The van der Waals surface area contributed by atoms with E-state index in [2.05, 4.69) is 0 Å². The van der Waals surface area contributed by atoms with E-state index in [0.29, 0.717) is 0 Å². The van der Waals surface area contributed by atoms with E-state index in [9.17, 15) is 13.2 Å². The summed E-state index contributed by atoms with van der Waals surface area (Å²) in [7, 11) is -0.924. The molecule has 0 aliphatic rings. The van der Waals surface area contributed by atoms with E-state index in [4.69, 9.17) is 14.3 Å². The molecule has 0 radical (unpaired) electrons. The number of carbonyl (C=O) groups is 1. The third-order valence-corrected chi connectivity index (χ3v) is 4.85. The van der Waals surface area contributed by atoms with Gasteiger partial charge in [0.2, 0.25) is 15.8 Å². The predicted octanol–water partition coefficient (Wildman–Crippen LogP) is 0.942. The monoisotopic (exact) mass is 291 g/mol. The van der Waals surface area contributed by atoms with E-state index in [1.165, 1.54) is 21.1 Å². The fourth-order valence-corrected chi connectivity index (χ4v) is 3.07. The number of aromatic carboxylic acids is 1. The smallest absolute Gasteiger partial charge is 0.371 e. The molecule has 1 unspecified atom stereocenters. The van der Waals surface area contributed by atoms with Crippen molar-refractivity contribution in [1.82, 2.24) is 4.31 Å². The van der Waals surface area contributed by atoms with Crippen molar-refractivity contribution < 1.29 is 27.5 Å². The Bertz CT molecular complexity index is 562. The van der Waals surface area contributed by atoms with Gasteiger partial charge in [-0.2, -0.15) is 4.31 Å². The third kappa shape index (κ3) is 3.14. The zero-order valence-electron chi connectivity index (χ0n) is 11.2. The lowest BCUT2D eigenvalue weighted by Gasteiger charge is -2.23. The van der Waals surface area contributed by atoms with Gasteiger partial charge in [-0.1, -0.05) is 0 Å². The molecule has 0 fully saturated rings. The molecule has 1 atom stereocenters. The van der Waals surface area contributed by atoms with Gasteiger partial charge in [-0.15, -0.1) is 0 Å². The van der Waals surface area contributed by atoms with Crippen molar-refractivity contribution in [2.24, 2.45) is 0 Å². The van der Waals surface area contributed by atoms with Crippen molar-refractivity contribution >= 4 is 16.0 Å². The van der Waals surface area contributed by atoms with Gasteiger partial charge in [-0.05, 0) is 13.8 Å². The molecule has 1 heterocycles. The lowest BCUT2D eigenvalue weighted by Crippen LogP contribution is -2.37. The summed E-state index contributed by atoms with van der Waals surface area (Å²) in [6.45, 7) is 3.33. The number of hydrogen-bond acceptors (Lipinski definition) is 5. The van der Waals surface area contributed by atoms with Crippen LogP contribution in [0.15, 0.2) is 15.4 Å². The van der Waals surface area contributed by atoms with Gasteiger partial charge in [-0.3, -0.25) is 0 Å². The Kier molecular flexibility index (Phi) is 4.72. The van der Waals surface area contributed by atoms with Gasteiger partial charge in [0.15, 0.2) is 0 Å². The van der Waals surface area contributed by atoms with Crippen molar-refractivity contribution in [2.45, 2.75) is 24.8 Å². The number of aryl methyl sites for hydroxylation is 1. The number of sulfonamides is 1. The molecule has 1 N–H and O–H groups in total. The highest BCUT2D eigenvalue weighted by Crippen LogP contribution is 2.24. The van der Waals surface area contributed by atoms with Crippen LogP contribution >= 0.6 is 0 Å². The van der Waals surface area contributed by atoms with E-state index >= 15 is 0 Å². The average molecular weight is 291 g/mol. The summed E-state index contributed by atoms with van der Waals surface area (Å²) in [6.07, 6.45) is 0. The van der Waals surface area contributed by atoms with Gasteiger partial charge in [0, 0.05) is 26.3 Å². The number of carboxylic acid groups (broad SMARTS) is 1. The van der Waals surface area contributed by atoms with Crippen LogP contribution in [-0.2, 0) is 14.8 Å². The Balaban J connectivity index is 3.16. The van der Waals surface area contributed by atoms with Crippen LogP contribution in [0.5, 0.6) is 0 Å². The molecule has 1 aromatic rings. The Morgan fingerprint density at radius 1 is 1.58 bits per heavy atom. The summed E-state index contributed by atoms with van der Waals surface area (Å²) >= 11 is 0. The highest BCUT2D eigenvalue weighted by molar-refractivity contribution is 7.89. The Morgan fingerprint density at radius 3 is 2.58 bits per heavy atom. The summed E-state index contributed by atoms with van der Waals surface area (Å²) in [5.74, 6) is -1.66. The van der Waals surface area contributed by atoms with E-state index in [-0.39, 0.29) is 23.3 Å².